The lowest BCUT2D eigenvalue weighted by Gasteiger charge is -2.32. The van der Waals surface area contributed by atoms with Crippen LogP contribution < -0.4 is 16.0 Å². The summed E-state index contributed by atoms with van der Waals surface area (Å²) in [5.74, 6) is -0.260. The number of piperidine rings is 2. The number of carbonyl (C=O) groups is 2. The lowest BCUT2D eigenvalue weighted by molar-refractivity contribution is -0.122. The Morgan fingerprint density at radius 2 is 1.88 bits per heavy atom. The maximum atomic E-state index is 13.0. The van der Waals surface area contributed by atoms with Gasteiger partial charge in [0.1, 0.15) is 15.6 Å². The number of aromatic nitrogens is 1. The Hall–Kier alpha value is -2.50. The van der Waals surface area contributed by atoms with Gasteiger partial charge < -0.3 is 16.0 Å². The van der Waals surface area contributed by atoms with E-state index in [2.05, 4.69) is 10.3 Å². The van der Waals surface area contributed by atoms with Gasteiger partial charge in [-0.1, -0.05) is 6.42 Å². The number of hydrogen-bond donors (Lipinski definition) is 2. The number of pyridine rings is 1. The van der Waals surface area contributed by atoms with E-state index in [4.69, 9.17) is 5.73 Å². The molecule has 2 saturated heterocycles. The van der Waals surface area contributed by atoms with Crippen molar-refractivity contribution < 1.29 is 18.0 Å². The van der Waals surface area contributed by atoms with Gasteiger partial charge in [-0.05, 0) is 49.3 Å². The van der Waals surface area contributed by atoms with Gasteiger partial charge in [-0.3, -0.25) is 9.59 Å². The fourth-order valence-corrected chi connectivity index (χ4v) is 6.98. The molecule has 4 rings (SSSR count). The van der Waals surface area contributed by atoms with Crippen molar-refractivity contribution in [3.05, 3.63) is 34.7 Å². The molecule has 1 unspecified atom stereocenters. The predicted octanol–water partition coefficient (Wildman–Crippen LogP) is 2.27. The summed E-state index contributed by atoms with van der Waals surface area (Å²) < 4.78 is 27.5. The number of sulfonamides is 1. The summed E-state index contributed by atoms with van der Waals surface area (Å²) in [5.41, 5.74) is 5.91. The predicted molar refractivity (Wildman–Crippen MR) is 123 cm³/mol. The molecule has 11 heteroatoms. The monoisotopic (exact) mass is 477 g/mol. The highest BCUT2D eigenvalue weighted by Crippen LogP contribution is 2.28. The first-order valence-electron chi connectivity index (χ1n) is 10.8. The molecule has 2 aromatic rings. The molecule has 3 N–H and O–H groups in total. The van der Waals surface area contributed by atoms with Gasteiger partial charge >= 0.3 is 0 Å². The Morgan fingerprint density at radius 3 is 2.56 bits per heavy atom. The molecule has 2 fully saturated rings. The molecular weight excluding hydrogens is 450 g/mol. The summed E-state index contributed by atoms with van der Waals surface area (Å²) in [4.78, 5) is 31.0. The lowest BCUT2D eigenvalue weighted by Crippen LogP contribution is -2.41. The van der Waals surface area contributed by atoms with Crippen molar-refractivity contribution in [2.45, 2.75) is 37.0 Å². The number of rotatable bonds is 6. The SMILES string of the molecule is NC(=O)C1CCCN(c2ccc(NC(=O)c3sccc3S(=O)(=O)N3CCCCC3)cn2)C1. The van der Waals surface area contributed by atoms with Crippen molar-refractivity contribution >= 4 is 44.7 Å². The summed E-state index contributed by atoms with van der Waals surface area (Å²) in [7, 11) is -3.70. The molecule has 2 aromatic heterocycles. The van der Waals surface area contributed by atoms with E-state index in [-0.39, 0.29) is 21.6 Å². The summed E-state index contributed by atoms with van der Waals surface area (Å²) in [6.45, 7) is 2.28. The van der Waals surface area contributed by atoms with E-state index in [1.807, 2.05) is 4.90 Å². The number of nitrogens with zero attached hydrogens (tertiary/aromatic N) is 3. The maximum Gasteiger partial charge on any atom is 0.267 e. The second kappa shape index (κ2) is 9.55. The van der Waals surface area contributed by atoms with E-state index in [0.717, 1.165) is 50.0 Å². The Balaban J connectivity index is 1.45. The van der Waals surface area contributed by atoms with E-state index in [9.17, 15) is 18.0 Å². The van der Waals surface area contributed by atoms with Crippen molar-refractivity contribution in [3.63, 3.8) is 0 Å². The Bertz CT molecular complexity index is 1080. The van der Waals surface area contributed by atoms with E-state index < -0.39 is 15.9 Å². The molecule has 9 nitrogen and oxygen atoms in total. The zero-order chi connectivity index (χ0) is 22.7. The van der Waals surface area contributed by atoms with E-state index in [1.54, 1.807) is 17.5 Å². The highest BCUT2D eigenvalue weighted by molar-refractivity contribution is 7.89. The number of nitrogens with one attached hydrogen (secondary N) is 1. The van der Waals surface area contributed by atoms with Crippen molar-refractivity contribution in [3.8, 4) is 0 Å². The van der Waals surface area contributed by atoms with Crippen LogP contribution in [-0.2, 0) is 14.8 Å². The van der Waals surface area contributed by atoms with Gasteiger partial charge in [0.15, 0.2) is 0 Å². The molecule has 172 valence electrons. The quantitative estimate of drug-likeness (QED) is 0.657. The van der Waals surface area contributed by atoms with Crippen LogP contribution in [0.15, 0.2) is 34.7 Å². The largest absolute Gasteiger partial charge is 0.369 e. The van der Waals surface area contributed by atoms with Crippen LogP contribution in [0.5, 0.6) is 0 Å². The molecule has 0 spiro atoms. The molecule has 2 aliphatic rings. The average Bonchev–Trinajstić information content (AvgIpc) is 3.31. The van der Waals surface area contributed by atoms with Crippen LogP contribution in [0.25, 0.3) is 0 Å². The topological polar surface area (TPSA) is 126 Å². The summed E-state index contributed by atoms with van der Waals surface area (Å²) >= 11 is 1.11. The number of hydrogen-bond acceptors (Lipinski definition) is 7. The van der Waals surface area contributed by atoms with Crippen molar-refractivity contribution in [1.29, 1.82) is 0 Å². The fourth-order valence-electron chi connectivity index (χ4n) is 4.16. The highest BCUT2D eigenvalue weighted by Gasteiger charge is 2.31. The van der Waals surface area contributed by atoms with Crippen LogP contribution >= 0.6 is 11.3 Å². The first-order chi connectivity index (χ1) is 15.4. The zero-order valence-electron chi connectivity index (χ0n) is 17.7. The van der Waals surface area contributed by atoms with Crippen LogP contribution in [0, 0.1) is 5.92 Å². The van der Waals surface area contributed by atoms with Gasteiger partial charge in [0.25, 0.3) is 5.91 Å². The molecule has 0 saturated carbocycles. The van der Waals surface area contributed by atoms with Gasteiger partial charge in [-0.15, -0.1) is 11.3 Å². The van der Waals surface area contributed by atoms with E-state index in [1.165, 1.54) is 16.6 Å². The normalized spacial score (nSPS) is 20.1. The first-order valence-corrected chi connectivity index (χ1v) is 13.1. The average molecular weight is 478 g/mol. The number of primary amides is 1. The summed E-state index contributed by atoms with van der Waals surface area (Å²) in [5, 5.41) is 4.37. The molecule has 4 heterocycles. The summed E-state index contributed by atoms with van der Waals surface area (Å²) in [6, 6.07) is 5.00. The molecule has 2 amide bonds. The Labute approximate surface area is 191 Å². The van der Waals surface area contributed by atoms with Gasteiger partial charge in [0.2, 0.25) is 15.9 Å². The molecule has 0 bridgehead atoms. The highest BCUT2D eigenvalue weighted by atomic mass is 32.2. The van der Waals surface area contributed by atoms with Crippen molar-refractivity contribution in [1.82, 2.24) is 9.29 Å². The molecule has 0 radical (unpaired) electrons. The van der Waals surface area contributed by atoms with Crippen LogP contribution in [0.4, 0.5) is 11.5 Å². The molecule has 0 aromatic carbocycles. The second-order valence-electron chi connectivity index (χ2n) is 8.13. The minimum absolute atomic E-state index is 0.0530. The number of nitrogens with two attached hydrogens (primary N) is 1. The number of thiophene rings is 1. The zero-order valence-corrected chi connectivity index (χ0v) is 19.3. The third-order valence-corrected chi connectivity index (χ3v) is 8.91. The maximum absolute atomic E-state index is 13.0. The van der Waals surface area contributed by atoms with Crippen LogP contribution in [0.3, 0.4) is 0 Å². The number of amides is 2. The third kappa shape index (κ3) is 4.79. The Morgan fingerprint density at radius 1 is 1.09 bits per heavy atom. The van der Waals surface area contributed by atoms with Crippen molar-refractivity contribution in [2.24, 2.45) is 11.7 Å². The molecule has 32 heavy (non-hydrogen) atoms. The number of anilines is 2. The van der Waals surface area contributed by atoms with Gasteiger partial charge in [0.05, 0.1) is 17.8 Å². The van der Waals surface area contributed by atoms with Crippen LogP contribution in [0.2, 0.25) is 0 Å². The standard InChI is InChI=1S/C21H27N5O4S2/c22-20(27)15-5-4-9-25(14-15)18-7-6-16(13-23-18)24-21(28)19-17(8-12-31-19)32(29,30)26-10-2-1-3-11-26/h6-8,12-13,15H,1-5,9-11,14H2,(H2,22,27)(H,24,28). The van der Waals surface area contributed by atoms with Crippen molar-refractivity contribution in [2.75, 3.05) is 36.4 Å². The van der Waals surface area contributed by atoms with E-state index >= 15 is 0 Å². The minimum Gasteiger partial charge on any atom is -0.369 e. The van der Waals surface area contributed by atoms with Gasteiger partial charge in [0, 0.05) is 26.2 Å². The third-order valence-electron chi connectivity index (χ3n) is 5.92. The molecular formula is C21H27N5O4S2. The Kier molecular flexibility index (Phi) is 6.77. The van der Waals surface area contributed by atoms with Gasteiger partial charge in [-0.2, -0.15) is 4.31 Å². The number of carbonyl (C=O) groups excluding carboxylic acids is 2. The fraction of sp³-hybridized carbons (Fsp3) is 0.476. The second-order valence-corrected chi connectivity index (χ2v) is 10.9. The molecule has 1 atom stereocenters. The molecule has 0 aliphatic carbocycles. The smallest absolute Gasteiger partial charge is 0.267 e. The van der Waals surface area contributed by atoms with Crippen LogP contribution in [0.1, 0.15) is 41.8 Å². The first kappa shape index (κ1) is 22.7. The van der Waals surface area contributed by atoms with E-state index in [0.29, 0.717) is 31.1 Å². The van der Waals surface area contributed by atoms with Crippen LogP contribution in [-0.4, -0.2) is 55.7 Å². The van der Waals surface area contributed by atoms with Gasteiger partial charge in [-0.25, -0.2) is 13.4 Å². The molecule has 2 aliphatic heterocycles. The minimum atomic E-state index is -3.70. The lowest BCUT2D eigenvalue weighted by atomic mass is 9.97. The summed E-state index contributed by atoms with van der Waals surface area (Å²) in [6.07, 6.45) is 5.87.